The van der Waals surface area contributed by atoms with E-state index in [9.17, 15) is 4.79 Å². The lowest BCUT2D eigenvalue weighted by molar-refractivity contribution is 0.0996. The van der Waals surface area contributed by atoms with E-state index in [0.29, 0.717) is 11.4 Å². The monoisotopic (exact) mass is 295 g/mol. The van der Waals surface area contributed by atoms with Gasteiger partial charge in [0.2, 0.25) is 0 Å². The molecule has 0 unspecified atom stereocenters. The molecule has 0 bridgehead atoms. The highest BCUT2D eigenvalue weighted by Gasteiger charge is 2.11. The van der Waals surface area contributed by atoms with Crippen molar-refractivity contribution in [2.24, 2.45) is 0 Å². The molecule has 1 aromatic carbocycles. The molecule has 4 nitrogen and oxygen atoms in total. The SMILES string of the molecule is COc1cc(Br)ccc1NC(=O)c1ccco1. The summed E-state index contributed by atoms with van der Waals surface area (Å²) in [7, 11) is 1.55. The zero-order chi connectivity index (χ0) is 12.3. The van der Waals surface area contributed by atoms with Gasteiger partial charge in [-0.25, -0.2) is 0 Å². The number of halogens is 1. The van der Waals surface area contributed by atoms with Gasteiger partial charge in [-0.2, -0.15) is 0 Å². The van der Waals surface area contributed by atoms with Crippen LogP contribution in [0.25, 0.3) is 0 Å². The third kappa shape index (κ3) is 2.68. The molecule has 0 fully saturated rings. The molecule has 0 aliphatic heterocycles. The van der Waals surface area contributed by atoms with Gasteiger partial charge in [-0.1, -0.05) is 15.9 Å². The summed E-state index contributed by atoms with van der Waals surface area (Å²) < 4.78 is 11.1. The van der Waals surface area contributed by atoms with Crippen LogP contribution in [0, 0.1) is 0 Å². The van der Waals surface area contributed by atoms with E-state index in [-0.39, 0.29) is 11.7 Å². The number of nitrogens with one attached hydrogen (secondary N) is 1. The number of anilines is 1. The Labute approximate surface area is 107 Å². The molecule has 88 valence electrons. The van der Waals surface area contributed by atoms with Crippen LogP contribution in [-0.2, 0) is 0 Å². The summed E-state index contributed by atoms with van der Waals surface area (Å²) in [5.74, 6) is 0.532. The van der Waals surface area contributed by atoms with Crippen molar-refractivity contribution in [2.75, 3.05) is 12.4 Å². The lowest BCUT2D eigenvalue weighted by Gasteiger charge is -2.09. The molecule has 1 amide bonds. The van der Waals surface area contributed by atoms with Crippen molar-refractivity contribution in [1.29, 1.82) is 0 Å². The standard InChI is InChI=1S/C12H10BrNO3/c1-16-11-7-8(13)4-5-9(11)14-12(15)10-3-2-6-17-10/h2-7H,1H3,(H,14,15). The highest BCUT2D eigenvalue weighted by Crippen LogP contribution is 2.28. The molecular weight excluding hydrogens is 286 g/mol. The average Bonchev–Trinajstić information content (AvgIpc) is 2.85. The van der Waals surface area contributed by atoms with Crippen LogP contribution in [0.5, 0.6) is 5.75 Å². The lowest BCUT2D eigenvalue weighted by atomic mass is 10.3. The molecule has 17 heavy (non-hydrogen) atoms. The molecule has 0 saturated heterocycles. The van der Waals surface area contributed by atoms with Crippen LogP contribution in [0.1, 0.15) is 10.6 Å². The second-order valence-corrected chi connectivity index (χ2v) is 4.19. The first-order valence-corrected chi connectivity index (χ1v) is 5.68. The summed E-state index contributed by atoms with van der Waals surface area (Å²) in [5.41, 5.74) is 0.595. The molecule has 1 heterocycles. The van der Waals surface area contributed by atoms with Gasteiger partial charge in [-0.05, 0) is 30.3 Å². The lowest BCUT2D eigenvalue weighted by Crippen LogP contribution is -2.11. The summed E-state index contributed by atoms with van der Waals surface area (Å²) in [5, 5.41) is 2.71. The predicted octanol–water partition coefficient (Wildman–Crippen LogP) is 3.30. The second kappa shape index (κ2) is 5.05. The molecule has 0 aliphatic rings. The smallest absolute Gasteiger partial charge is 0.291 e. The number of methoxy groups -OCH3 is 1. The molecular formula is C12H10BrNO3. The fraction of sp³-hybridized carbons (Fsp3) is 0.0833. The van der Waals surface area contributed by atoms with Gasteiger partial charge in [-0.15, -0.1) is 0 Å². The summed E-state index contributed by atoms with van der Waals surface area (Å²) >= 11 is 3.33. The maximum Gasteiger partial charge on any atom is 0.291 e. The van der Waals surface area contributed by atoms with Gasteiger partial charge in [-0.3, -0.25) is 4.79 Å². The van der Waals surface area contributed by atoms with Crippen molar-refractivity contribution in [1.82, 2.24) is 0 Å². The van der Waals surface area contributed by atoms with Crippen LogP contribution in [0.2, 0.25) is 0 Å². The van der Waals surface area contributed by atoms with Crippen LogP contribution < -0.4 is 10.1 Å². The molecule has 5 heteroatoms. The first-order valence-electron chi connectivity index (χ1n) is 4.89. The minimum absolute atomic E-state index is 0.259. The highest BCUT2D eigenvalue weighted by molar-refractivity contribution is 9.10. The topological polar surface area (TPSA) is 51.5 Å². The fourth-order valence-corrected chi connectivity index (χ4v) is 1.70. The van der Waals surface area contributed by atoms with E-state index in [1.54, 1.807) is 31.4 Å². The number of amides is 1. The molecule has 0 spiro atoms. The Morgan fingerprint density at radius 3 is 2.88 bits per heavy atom. The highest BCUT2D eigenvalue weighted by atomic mass is 79.9. The Morgan fingerprint density at radius 2 is 2.24 bits per heavy atom. The summed E-state index contributed by atoms with van der Waals surface area (Å²) in [4.78, 5) is 11.8. The molecule has 0 saturated carbocycles. The average molecular weight is 296 g/mol. The Bertz CT molecular complexity index is 523. The number of carbonyl (C=O) groups excluding carboxylic acids is 1. The number of ether oxygens (including phenoxy) is 1. The number of benzene rings is 1. The van der Waals surface area contributed by atoms with E-state index in [2.05, 4.69) is 21.2 Å². The van der Waals surface area contributed by atoms with E-state index >= 15 is 0 Å². The zero-order valence-electron chi connectivity index (χ0n) is 9.07. The number of hydrogen-bond donors (Lipinski definition) is 1. The largest absolute Gasteiger partial charge is 0.495 e. The van der Waals surface area contributed by atoms with E-state index in [1.807, 2.05) is 6.07 Å². The molecule has 2 aromatic rings. The van der Waals surface area contributed by atoms with Gasteiger partial charge >= 0.3 is 0 Å². The number of hydrogen-bond acceptors (Lipinski definition) is 3. The molecule has 0 aliphatic carbocycles. The van der Waals surface area contributed by atoms with Crippen molar-refractivity contribution in [3.8, 4) is 5.75 Å². The zero-order valence-corrected chi connectivity index (χ0v) is 10.7. The van der Waals surface area contributed by atoms with Gasteiger partial charge in [0.05, 0.1) is 19.1 Å². The minimum Gasteiger partial charge on any atom is -0.495 e. The Kier molecular flexibility index (Phi) is 3.49. The van der Waals surface area contributed by atoms with Gasteiger partial charge in [0.25, 0.3) is 5.91 Å². The van der Waals surface area contributed by atoms with Crippen molar-refractivity contribution in [2.45, 2.75) is 0 Å². The van der Waals surface area contributed by atoms with Crippen LogP contribution in [-0.4, -0.2) is 13.0 Å². The summed E-state index contributed by atoms with van der Waals surface area (Å²) in [6.45, 7) is 0. The van der Waals surface area contributed by atoms with Gasteiger partial charge in [0.15, 0.2) is 5.76 Å². The molecule has 2 rings (SSSR count). The molecule has 1 aromatic heterocycles. The van der Waals surface area contributed by atoms with E-state index < -0.39 is 0 Å². The predicted molar refractivity (Wildman–Crippen MR) is 67.4 cm³/mol. The third-order valence-electron chi connectivity index (χ3n) is 2.16. The van der Waals surface area contributed by atoms with Crippen molar-refractivity contribution in [3.63, 3.8) is 0 Å². The van der Waals surface area contributed by atoms with E-state index in [0.717, 1.165) is 4.47 Å². The van der Waals surface area contributed by atoms with Gasteiger partial charge < -0.3 is 14.5 Å². The van der Waals surface area contributed by atoms with Crippen LogP contribution in [0.3, 0.4) is 0 Å². The van der Waals surface area contributed by atoms with Crippen molar-refractivity contribution >= 4 is 27.5 Å². The normalized spacial score (nSPS) is 10.0. The maximum atomic E-state index is 11.8. The number of carbonyl (C=O) groups is 1. The van der Waals surface area contributed by atoms with Crippen LogP contribution >= 0.6 is 15.9 Å². The Morgan fingerprint density at radius 1 is 1.41 bits per heavy atom. The quantitative estimate of drug-likeness (QED) is 0.945. The number of furan rings is 1. The van der Waals surface area contributed by atoms with Crippen molar-refractivity contribution < 1.29 is 13.9 Å². The van der Waals surface area contributed by atoms with Crippen molar-refractivity contribution in [3.05, 3.63) is 46.8 Å². The number of rotatable bonds is 3. The maximum absolute atomic E-state index is 11.8. The van der Waals surface area contributed by atoms with Gasteiger partial charge in [0.1, 0.15) is 5.75 Å². The van der Waals surface area contributed by atoms with E-state index in [1.165, 1.54) is 6.26 Å². The van der Waals surface area contributed by atoms with E-state index in [4.69, 9.17) is 9.15 Å². The summed E-state index contributed by atoms with van der Waals surface area (Å²) in [6, 6.07) is 8.61. The first kappa shape index (κ1) is 11.7. The molecule has 0 radical (unpaired) electrons. The third-order valence-corrected chi connectivity index (χ3v) is 2.65. The second-order valence-electron chi connectivity index (χ2n) is 3.28. The fourth-order valence-electron chi connectivity index (χ4n) is 1.36. The first-order chi connectivity index (χ1) is 8.20. The molecule has 1 N–H and O–H groups in total. The Hall–Kier alpha value is -1.75. The van der Waals surface area contributed by atoms with Crippen LogP contribution in [0.4, 0.5) is 5.69 Å². The van der Waals surface area contributed by atoms with Crippen LogP contribution in [0.15, 0.2) is 45.5 Å². The molecule has 0 atom stereocenters. The van der Waals surface area contributed by atoms with Gasteiger partial charge in [0, 0.05) is 4.47 Å². The summed E-state index contributed by atoms with van der Waals surface area (Å²) in [6.07, 6.45) is 1.45. The minimum atomic E-state index is -0.310. The Balaban J connectivity index is 2.21.